The third-order valence-corrected chi connectivity index (χ3v) is 3.44. The second kappa shape index (κ2) is 6.38. The van der Waals surface area contributed by atoms with E-state index in [0.29, 0.717) is 6.26 Å². The first-order valence-electron chi connectivity index (χ1n) is 5.12. The topological polar surface area (TPSA) is 127 Å². The average Bonchev–Trinajstić information content (AvgIpc) is 2.37. The molecule has 0 aliphatic heterocycles. The Morgan fingerprint density at radius 2 is 1.43 bits per heavy atom. The number of ether oxygens (including phenoxy) is 1. The smallest absolute Gasteiger partial charge is 0.339 e. The summed E-state index contributed by atoms with van der Waals surface area (Å²) in [7, 11) is -10.0. The number of hydrogen-bond donors (Lipinski definition) is 0. The van der Waals surface area contributed by atoms with E-state index in [9.17, 15) is 43.7 Å². The third-order valence-electron chi connectivity index (χ3n) is 2.04. The highest BCUT2D eigenvalue weighted by Gasteiger charge is 2.31. The predicted molar refractivity (Wildman–Crippen MR) is 60.7 cm³/mol. The summed E-state index contributed by atoms with van der Waals surface area (Å²) in [5, 5.41) is 0. The number of carbonyl (C=O) groups excluding carboxylic acids is 1. The monoisotopic (exact) mass is 381 g/mol. The number of benzene rings is 1. The van der Waals surface area contributed by atoms with E-state index in [2.05, 4.69) is 8.92 Å². The van der Waals surface area contributed by atoms with Crippen LogP contribution < -0.4 is 4.74 Å². The standard InChI is InChI=1S/C9H6F4O8S2/c1-22(15,16)20-2-3(14)21-8-4(10)6(12)9(23(17,18)19)7(13)5(8)11/h2H2,1H3,(H,17,18,19)/p-1. The maximum Gasteiger partial charge on any atom is 0.339 e. The second-order valence-corrected chi connectivity index (χ2v) is 6.77. The Kier molecular flexibility index (Phi) is 5.35. The summed E-state index contributed by atoms with van der Waals surface area (Å²) >= 11 is 0. The Balaban J connectivity index is 3.28. The van der Waals surface area contributed by atoms with Gasteiger partial charge in [-0.05, 0) is 0 Å². The molecule has 0 atom stereocenters. The molecule has 1 aromatic carbocycles. The van der Waals surface area contributed by atoms with E-state index in [1.54, 1.807) is 0 Å². The molecule has 0 fully saturated rings. The van der Waals surface area contributed by atoms with Crippen molar-refractivity contribution in [1.82, 2.24) is 0 Å². The first-order chi connectivity index (χ1) is 10.3. The van der Waals surface area contributed by atoms with Gasteiger partial charge < -0.3 is 9.29 Å². The van der Waals surface area contributed by atoms with Crippen LogP contribution in [0.1, 0.15) is 0 Å². The molecule has 0 aliphatic rings. The molecule has 0 aromatic heterocycles. The van der Waals surface area contributed by atoms with Crippen LogP contribution in [-0.2, 0) is 29.2 Å². The van der Waals surface area contributed by atoms with Gasteiger partial charge in [0.1, 0.15) is 15.0 Å². The lowest BCUT2D eigenvalue weighted by atomic mass is 10.3. The van der Waals surface area contributed by atoms with Crippen LogP contribution >= 0.6 is 0 Å². The lowest BCUT2D eigenvalue weighted by Gasteiger charge is -2.13. The molecule has 0 amide bonds. The summed E-state index contributed by atoms with van der Waals surface area (Å²) < 4.78 is 114. The molecule has 0 saturated carbocycles. The van der Waals surface area contributed by atoms with Crippen molar-refractivity contribution in [1.29, 1.82) is 0 Å². The summed E-state index contributed by atoms with van der Waals surface area (Å²) in [6.45, 7) is -1.39. The highest BCUT2D eigenvalue weighted by atomic mass is 32.2. The van der Waals surface area contributed by atoms with Crippen molar-refractivity contribution in [3.05, 3.63) is 23.3 Å². The Morgan fingerprint density at radius 1 is 1.00 bits per heavy atom. The molecule has 1 rings (SSSR count). The van der Waals surface area contributed by atoms with Crippen molar-refractivity contribution in [2.75, 3.05) is 12.9 Å². The predicted octanol–water partition coefficient (Wildman–Crippen LogP) is 0.0287. The van der Waals surface area contributed by atoms with Gasteiger partial charge in [-0.15, -0.1) is 0 Å². The molecular weight excluding hydrogens is 376 g/mol. The molecule has 130 valence electrons. The minimum atomic E-state index is -5.91. The summed E-state index contributed by atoms with van der Waals surface area (Å²) in [5.41, 5.74) is 0. The van der Waals surface area contributed by atoms with Crippen LogP contribution in [0.2, 0.25) is 0 Å². The fraction of sp³-hybridized carbons (Fsp3) is 0.222. The van der Waals surface area contributed by atoms with Crippen LogP contribution in [0.5, 0.6) is 5.75 Å². The van der Waals surface area contributed by atoms with Gasteiger partial charge in [0.2, 0.25) is 17.4 Å². The number of carbonyl (C=O) groups is 1. The zero-order valence-electron chi connectivity index (χ0n) is 10.8. The average molecular weight is 381 g/mol. The fourth-order valence-electron chi connectivity index (χ4n) is 1.20. The molecular formula is C9H5F4O8S2-. The second-order valence-electron chi connectivity index (χ2n) is 3.81. The molecule has 0 aliphatic carbocycles. The zero-order valence-corrected chi connectivity index (χ0v) is 12.4. The van der Waals surface area contributed by atoms with Crippen molar-refractivity contribution >= 4 is 26.2 Å². The lowest BCUT2D eigenvalue weighted by molar-refractivity contribution is -0.137. The van der Waals surface area contributed by atoms with E-state index in [-0.39, 0.29) is 0 Å². The van der Waals surface area contributed by atoms with E-state index >= 15 is 0 Å². The lowest BCUT2D eigenvalue weighted by Crippen LogP contribution is -2.21. The van der Waals surface area contributed by atoms with Gasteiger partial charge in [0.25, 0.3) is 10.1 Å². The minimum Gasteiger partial charge on any atom is -0.744 e. The van der Waals surface area contributed by atoms with Gasteiger partial charge in [0.05, 0.1) is 6.26 Å². The number of hydrogen-bond acceptors (Lipinski definition) is 8. The molecule has 0 N–H and O–H groups in total. The highest BCUT2D eigenvalue weighted by Crippen LogP contribution is 2.32. The highest BCUT2D eigenvalue weighted by molar-refractivity contribution is 7.86. The molecule has 0 radical (unpaired) electrons. The Bertz CT molecular complexity index is 833. The van der Waals surface area contributed by atoms with Crippen LogP contribution in [0.3, 0.4) is 0 Å². The summed E-state index contributed by atoms with van der Waals surface area (Å²) in [6.07, 6.45) is 0.523. The maximum atomic E-state index is 13.4. The van der Waals surface area contributed by atoms with E-state index in [1.165, 1.54) is 0 Å². The van der Waals surface area contributed by atoms with Crippen molar-refractivity contribution in [3.8, 4) is 5.75 Å². The molecule has 14 heteroatoms. The molecule has 8 nitrogen and oxygen atoms in total. The Hall–Kier alpha value is -1.77. The molecule has 1 aromatic rings. The van der Waals surface area contributed by atoms with Gasteiger partial charge in [-0.25, -0.2) is 22.0 Å². The molecule has 0 heterocycles. The number of rotatable bonds is 5. The summed E-state index contributed by atoms with van der Waals surface area (Å²) in [4.78, 5) is 8.67. The van der Waals surface area contributed by atoms with Crippen molar-refractivity contribution in [3.63, 3.8) is 0 Å². The first-order valence-corrected chi connectivity index (χ1v) is 8.35. The minimum absolute atomic E-state index is 0.523. The zero-order chi connectivity index (χ0) is 18.2. The van der Waals surface area contributed by atoms with E-state index in [4.69, 9.17) is 0 Å². The van der Waals surface area contributed by atoms with Gasteiger partial charge in [-0.3, -0.25) is 4.18 Å². The van der Waals surface area contributed by atoms with Gasteiger partial charge in [0, 0.05) is 0 Å². The van der Waals surface area contributed by atoms with Crippen LogP contribution in [0.4, 0.5) is 17.6 Å². The largest absolute Gasteiger partial charge is 0.744 e. The number of halogens is 4. The van der Waals surface area contributed by atoms with Gasteiger partial charge in [0.15, 0.2) is 18.2 Å². The Labute approximate surface area is 126 Å². The van der Waals surface area contributed by atoms with Crippen LogP contribution in [-0.4, -0.2) is 40.2 Å². The van der Waals surface area contributed by atoms with E-state index < -0.39 is 66.7 Å². The van der Waals surface area contributed by atoms with Crippen molar-refractivity contribution < 1.29 is 52.7 Å². The van der Waals surface area contributed by atoms with Crippen molar-refractivity contribution in [2.24, 2.45) is 0 Å². The van der Waals surface area contributed by atoms with Gasteiger partial charge in [-0.1, -0.05) is 0 Å². The first kappa shape index (κ1) is 19.3. The normalized spacial score (nSPS) is 12.3. The van der Waals surface area contributed by atoms with Crippen LogP contribution in [0.15, 0.2) is 4.90 Å². The quantitative estimate of drug-likeness (QED) is 0.175. The van der Waals surface area contributed by atoms with Gasteiger partial charge >= 0.3 is 5.97 Å². The third kappa shape index (κ3) is 4.60. The molecule has 0 bridgehead atoms. The van der Waals surface area contributed by atoms with E-state index in [1.807, 2.05) is 0 Å². The van der Waals surface area contributed by atoms with Gasteiger partial charge in [-0.2, -0.15) is 17.2 Å². The molecule has 23 heavy (non-hydrogen) atoms. The molecule has 0 unspecified atom stereocenters. The van der Waals surface area contributed by atoms with Crippen molar-refractivity contribution in [2.45, 2.75) is 4.90 Å². The maximum absolute atomic E-state index is 13.4. The molecule has 0 spiro atoms. The summed E-state index contributed by atoms with van der Waals surface area (Å²) in [6, 6.07) is 0. The SMILES string of the molecule is CS(=O)(=O)OCC(=O)Oc1c(F)c(F)c(S(=O)(=O)[O-])c(F)c1F. The van der Waals surface area contributed by atoms with Crippen LogP contribution in [0.25, 0.3) is 0 Å². The summed E-state index contributed by atoms with van der Waals surface area (Å²) in [5.74, 6) is -14.0. The van der Waals surface area contributed by atoms with Crippen LogP contribution in [0, 0.1) is 23.3 Å². The molecule has 0 saturated heterocycles. The Morgan fingerprint density at radius 3 is 1.78 bits per heavy atom. The fourth-order valence-corrected chi connectivity index (χ4v) is 2.13. The van der Waals surface area contributed by atoms with E-state index in [0.717, 1.165) is 0 Å². The number of esters is 1.